The summed E-state index contributed by atoms with van der Waals surface area (Å²) in [5, 5.41) is 4.02. The molecule has 0 fully saturated rings. The van der Waals surface area contributed by atoms with Crippen LogP contribution in [0, 0.1) is 0 Å². The lowest BCUT2D eigenvalue weighted by atomic mass is 9.91. The van der Waals surface area contributed by atoms with E-state index in [1.54, 1.807) is 25.1 Å². The molecule has 1 unspecified atom stereocenters. The van der Waals surface area contributed by atoms with E-state index in [-0.39, 0.29) is 0 Å². The number of methoxy groups -OCH3 is 1. The van der Waals surface area contributed by atoms with E-state index in [2.05, 4.69) is 5.32 Å². The lowest BCUT2D eigenvalue weighted by Gasteiger charge is -2.29. The van der Waals surface area contributed by atoms with Crippen molar-refractivity contribution < 1.29 is 9.53 Å². The molecule has 0 aliphatic heterocycles. The summed E-state index contributed by atoms with van der Waals surface area (Å²) < 4.78 is 4.93. The minimum Gasteiger partial charge on any atom is -0.467 e. The molecule has 3 nitrogen and oxygen atoms in total. The Bertz CT molecular complexity index is 646. The Balaban J connectivity index is 2.46. The van der Waals surface area contributed by atoms with Gasteiger partial charge in [0, 0.05) is 5.69 Å². The number of benzene rings is 2. The van der Waals surface area contributed by atoms with Crippen molar-refractivity contribution in [3.8, 4) is 0 Å². The first-order valence-electron chi connectivity index (χ1n) is 6.34. The molecular formula is C16H15Cl2NO2. The maximum absolute atomic E-state index is 12.3. The Kier molecular flexibility index (Phi) is 4.76. The number of hydrogen-bond acceptors (Lipinski definition) is 3. The first-order chi connectivity index (χ1) is 9.97. The number of carbonyl (C=O) groups excluding carboxylic acids is 1. The molecule has 2 aromatic rings. The summed E-state index contributed by atoms with van der Waals surface area (Å²) in [6, 6.07) is 14.5. The van der Waals surface area contributed by atoms with Gasteiger partial charge in [0.2, 0.25) is 0 Å². The Morgan fingerprint density at radius 1 is 1.10 bits per heavy atom. The van der Waals surface area contributed by atoms with Gasteiger partial charge < -0.3 is 10.1 Å². The molecule has 1 N–H and O–H groups in total. The predicted octanol–water partition coefficient (Wildman–Crippen LogP) is 4.49. The SMILES string of the molecule is COC(=O)C(C)(Nc1ccccc1)c1ccc(Cl)c(Cl)c1. The van der Waals surface area contributed by atoms with E-state index in [4.69, 9.17) is 27.9 Å². The Morgan fingerprint density at radius 3 is 2.33 bits per heavy atom. The first kappa shape index (κ1) is 15.7. The fraction of sp³-hybridized carbons (Fsp3) is 0.188. The van der Waals surface area contributed by atoms with Crippen molar-refractivity contribution in [3.05, 3.63) is 64.1 Å². The molecule has 21 heavy (non-hydrogen) atoms. The lowest BCUT2D eigenvalue weighted by molar-refractivity contribution is -0.145. The molecule has 0 amide bonds. The number of ether oxygens (including phenoxy) is 1. The van der Waals surface area contributed by atoms with Crippen molar-refractivity contribution >= 4 is 34.9 Å². The number of nitrogens with one attached hydrogen (secondary N) is 1. The van der Waals surface area contributed by atoms with E-state index in [1.807, 2.05) is 30.3 Å². The molecule has 0 heterocycles. The molecule has 5 heteroatoms. The van der Waals surface area contributed by atoms with Gasteiger partial charge in [-0.2, -0.15) is 0 Å². The smallest absolute Gasteiger partial charge is 0.335 e. The van der Waals surface area contributed by atoms with Gasteiger partial charge in [0.05, 0.1) is 17.2 Å². The summed E-state index contributed by atoms with van der Waals surface area (Å²) in [5.41, 5.74) is 0.411. The summed E-state index contributed by atoms with van der Waals surface area (Å²) in [7, 11) is 1.35. The molecule has 2 aromatic carbocycles. The average Bonchev–Trinajstić information content (AvgIpc) is 2.50. The van der Waals surface area contributed by atoms with Crippen molar-refractivity contribution in [1.82, 2.24) is 0 Å². The monoisotopic (exact) mass is 323 g/mol. The van der Waals surface area contributed by atoms with E-state index in [0.717, 1.165) is 5.69 Å². The number of anilines is 1. The molecule has 0 saturated carbocycles. The van der Waals surface area contributed by atoms with Gasteiger partial charge in [-0.15, -0.1) is 0 Å². The highest BCUT2D eigenvalue weighted by Crippen LogP contribution is 2.32. The number of halogens is 2. The zero-order chi connectivity index (χ0) is 15.5. The van der Waals surface area contributed by atoms with Crippen molar-refractivity contribution in [2.75, 3.05) is 12.4 Å². The van der Waals surface area contributed by atoms with E-state index in [9.17, 15) is 4.79 Å². The number of hydrogen-bond donors (Lipinski definition) is 1. The second kappa shape index (κ2) is 6.37. The van der Waals surface area contributed by atoms with Gasteiger partial charge in [-0.25, -0.2) is 4.79 Å². The molecule has 0 aliphatic rings. The van der Waals surface area contributed by atoms with Gasteiger partial charge in [0.1, 0.15) is 0 Å². The van der Waals surface area contributed by atoms with Gasteiger partial charge in [0.15, 0.2) is 5.54 Å². The van der Waals surface area contributed by atoms with Crippen LogP contribution in [-0.4, -0.2) is 13.1 Å². The highest BCUT2D eigenvalue weighted by molar-refractivity contribution is 6.42. The maximum Gasteiger partial charge on any atom is 0.335 e. The Hall–Kier alpha value is -1.71. The van der Waals surface area contributed by atoms with Crippen LogP contribution in [0.4, 0.5) is 5.69 Å². The zero-order valence-corrected chi connectivity index (χ0v) is 13.2. The van der Waals surface area contributed by atoms with Crippen molar-refractivity contribution in [3.63, 3.8) is 0 Å². The minimum absolute atomic E-state index is 0.388. The average molecular weight is 324 g/mol. The predicted molar refractivity (Wildman–Crippen MR) is 85.9 cm³/mol. The third-order valence-corrected chi connectivity index (χ3v) is 4.00. The van der Waals surface area contributed by atoms with Crippen molar-refractivity contribution in [2.45, 2.75) is 12.5 Å². The number of rotatable bonds is 4. The summed E-state index contributed by atoms with van der Waals surface area (Å²) >= 11 is 12.0. The number of carbonyl (C=O) groups is 1. The molecule has 0 aliphatic carbocycles. The fourth-order valence-corrected chi connectivity index (χ4v) is 2.36. The van der Waals surface area contributed by atoms with E-state index >= 15 is 0 Å². The third kappa shape index (κ3) is 3.31. The maximum atomic E-state index is 12.3. The third-order valence-electron chi connectivity index (χ3n) is 3.26. The molecule has 0 saturated heterocycles. The zero-order valence-electron chi connectivity index (χ0n) is 11.7. The first-order valence-corrected chi connectivity index (χ1v) is 7.10. The Morgan fingerprint density at radius 2 is 1.76 bits per heavy atom. The van der Waals surface area contributed by atoms with Gasteiger partial charge >= 0.3 is 5.97 Å². The molecule has 2 rings (SSSR count). The summed E-state index contributed by atoms with van der Waals surface area (Å²) in [4.78, 5) is 12.3. The van der Waals surface area contributed by atoms with Crippen LogP contribution in [0.2, 0.25) is 10.0 Å². The highest BCUT2D eigenvalue weighted by atomic mass is 35.5. The van der Waals surface area contributed by atoms with E-state index < -0.39 is 11.5 Å². The van der Waals surface area contributed by atoms with E-state index in [0.29, 0.717) is 15.6 Å². The van der Waals surface area contributed by atoms with Gasteiger partial charge in [-0.3, -0.25) is 0 Å². The standard InChI is InChI=1S/C16H15Cl2NO2/c1-16(15(20)21-2,19-12-6-4-3-5-7-12)11-8-9-13(17)14(18)10-11/h3-10,19H,1-2H3. The molecular weight excluding hydrogens is 309 g/mol. The van der Waals surface area contributed by atoms with Crippen LogP contribution in [0.5, 0.6) is 0 Å². The topological polar surface area (TPSA) is 38.3 Å². The normalized spacial score (nSPS) is 13.3. The second-order valence-electron chi connectivity index (χ2n) is 4.74. The summed E-state index contributed by atoms with van der Waals surface area (Å²) in [5.74, 6) is -0.412. The van der Waals surface area contributed by atoms with Crippen LogP contribution in [0.15, 0.2) is 48.5 Å². The fourth-order valence-electron chi connectivity index (χ4n) is 2.06. The quantitative estimate of drug-likeness (QED) is 0.842. The molecule has 0 radical (unpaired) electrons. The minimum atomic E-state index is -1.07. The van der Waals surface area contributed by atoms with Crippen LogP contribution >= 0.6 is 23.2 Å². The number of esters is 1. The number of para-hydroxylation sites is 1. The van der Waals surface area contributed by atoms with Crippen LogP contribution in [0.3, 0.4) is 0 Å². The molecule has 0 aromatic heterocycles. The van der Waals surface area contributed by atoms with Crippen molar-refractivity contribution in [2.24, 2.45) is 0 Å². The molecule has 110 valence electrons. The lowest BCUT2D eigenvalue weighted by Crippen LogP contribution is -2.41. The van der Waals surface area contributed by atoms with Crippen molar-refractivity contribution in [1.29, 1.82) is 0 Å². The van der Waals surface area contributed by atoms with Gasteiger partial charge in [-0.05, 0) is 36.8 Å². The van der Waals surface area contributed by atoms with Crippen LogP contribution in [0.1, 0.15) is 12.5 Å². The molecule has 0 bridgehead atoms. The van der Waals surface area contributed by atoms with Gasteiger partial charge in [-0.1, -0.05) is 47.5 Å². The van der Waals surface area contributed by atoms with Crippen LogP contribution < -0.4 is 5.32 Å². The van der Waals surface area contributed by atoms with Crippen LogP contribution in [0.25, 0.3) is 0 Å². The Labute approximate surface area is 133 Å². The highest BCUT2D eigenvalue weighted by Gasteiger charge is 2.36. The van der Waals surface area contributed by atoms with E-state index in [1.165, 1.54) is 7.11 Å². The molecule has 1 atom stereocenters. The summed E-state index contributed by atoms with van der Waals surface area (Å²) in [6.45, 7) is 1.74. The largest absolute Gasteiger partial charge is 0.467 e. The second-order valence-corrected chi connectivity index (χ2v) is 5.55. The van der Waals surface area contributed by atoms with Gasteiger partial charge in [0.25, 0.3) is 0 Å². The van der Waals surface area contributed by atoms with Crippen LogP contribution in [-0.2, 0) is 15.1 Å². The molecule has 0 spiro atoms. The summed E-state index contributed by atoms with van der Waals surface area (Å²) in [6.07, 6.45) is 0.